The van der Waals surface area contributed by atoms with Gasteiger partial charge in [-0.1, -0.05) is 60.7 Å². The second-order valence-electron chi connectivity index (χ2n) is 8.05. The van der Waals surface area contributed by atoms with Gasteiger partial charge in [0.1, 0.15) is 16.8 Å². The number of unbranched alkanes of at least 4 members (excludes halogenated alkanes) is 1. The summed E-state index contributed by atoms with van der Waals surface area (Å²) in [6, 6.07) is 23.2. The van der Waals surface area contributed by atoms with Crippen LogP contribution in [0, 0.1) is 5.82 Å². The Balaban J connectivity index is 1.59. The molecule has 3 rings (SSSR count). The fraction of sp³-hybridized carbons (Fsp3) is 0.269. The molecule has 0 radical (unpaired) electrons. The van der Waals surface area contributed by atoms with E-state index in [2.05, 4.69) is 14.9 Å². The maximum atomic E-state index is 14.1. The first kappa shape index (κ1) is 25.4. The number of nitrogens with zero attached hydrogens (tertiary/aromatic N) is 1. The third kappa shape index (κ3) is 7.40. The van der Waals surface area contributed by atoms with Crippen molar-refractivity contribution in [2.75, 3.05) is 25.0 Å². The lowest BCUT2D eigenvalue weighted by atomic mass is 10.1. The molecule has 2 N–H and O–H groups in total. The molecule has 1 atom stereocenters. The SMILES string of the molecule is CN(CCCCNC(=O)C(Cc1ccccc1)NS(=O)(=O)c1ccccc1F)c1ccccc1. The van der Waals surface area contributed by atoms with Crippen molar-refractivity contribution in [1.29, 1.82) is 0 Å². The Labute approximate surface area is 200 Å². The van der Waals surface area contributed by atoms with Crippen molar-refractivity contribution in [2.45, 2.75) is 30.2 Å². The number of halogens is 1. The van der Waals surface area contributed by atoms with E-state index < -0.39 is 32.7 Å². The Kier molecular flexibility index (Phi) is 9.18. The quantitative estimate of drug-likeness (QED) is 0.385. The fourth-order valence-electron chi connectivity index (χ4n) is 3.57. The van der Waals surface area contributed by atoms with Gasteiger partial charge in [-0.25, -0.2) is 12.8 Å². The molecule has 3 aromatic rings. The molecule has 3 aromatic carbocycles. The van der Waals surface area contributed by atoms with Crippen LogP contribution in [0.3, 0.4) is 0 Å². The van der Waals surface area contributed by atoms with Crippen LogP contribution in [0.1, 0.15) is 18.4 Å². The van der Waals surface area contributed by atoms with Gasteiger partial charge in [-0.2, -0.15) is 4.72 Å². The zero-order valence-electron chi connectivity index (χ0n) is 19.2. The van der Waals surface area contributed by atoms with Crippen LogP contribution in [-0.4, -0.2) is 40.5 Å². The lowest BCUT2D eigenvalue weighted by Gasteiger charge is -2.20. The lowest BCUT2D eigenvalue weighted by Crippen LogP contribution is -2.48. The van der Waals surface area contributed by atoms with Crippen LogP contribution < -0.4 is 14.9 Å². The largest absolute Gasteiger partial charge is 0.375 e. The van der Waals surface area contributed by atoms with Crippen LogP contribution in [0.15, 0.2) is 89.8 Å². The number of sulfonamides is 1. The Morgan fingerprint density at radius 1 is 0.912 bits per heavy atom. The summed E-state index contributed by atoms with van der Waals surface area (Å²) in [5.41, 5.74) is 1.92. The second kappa shape index (κ2) is 12.3. The molecular weight excluding hydrogens is 453 g/mol. The van der Waals surface area contributed by atoms with Crippen molar-refractivity contribution in [3.05, 3.63) is 96.3 Å². The summed E-state index contributed by atoms with van der Waals surface area (Å²) in [5.74, 6) is -1.31. The highest BCUT2D eigenvalue weighted by atomic mass is 32.2. The maximum Gasteiger partial charge on any atom is 0.244 e. The summed E-state index contributed by atoms with van der Waals surface area (Å²) in [7, 11) is -2.21. The van der Waals surface area contributed by atoms with Crippen LogP contribution in [-0.2, 0) is 21.2 Å². The predicted octanol–water partition coefficient (Wildman–Crippen LogP) is 3.75. The monoisotopic (exact) mass is 483 g/mol. The number of para-hydroxylation sites is 1. The second-order valence-corrected chi connectivity index (χ2v) is 9.73. The number of amides is 1. The topological polar surface area (TPSA) is 78.5 Å². The summed E-state index contributed by atoms with van der Waals surface area (Å²) < 4.78 is 42.1. The fourth-order valence-corrected chi connectivity index (χ4v) is 4.85. The minimum absolute atomic E-state index is 0.150. The Morgan fingerprint density at radius 2 is 1.53 bits per heavy atom. The van der Waals surface area contributed by atoms with Gasteiger partial charge in [0.15, 0.2) is 0 Å². The number of rotatable bonds is 12. The van der Waals surface area contributed by atoms with Crippen molar-refractivity contribution in [2.24, 2.45) is 0 Å². The molecule has 180 valence electrons. The average Bonchev–Trinajstić information content (AvgIpc) is 2.84. The van der Waals surface area contributed by atoms with Crippen LogP contribution in [0.4, 0.5) is 10.1 Å². The van der Waals surface area contributed by atoms with Gasteiger partial charge in [0.05, 0.1) is 0 Å². The first-order valence-electron chi connectivity index (χ1n) is 11.2. The summed E-state index contributed by atoms with van der Waals surface area (Å²) in [4.78, 5) is 14.6. The van der Waals surface area contributed by atoms with E-state index in [9.17, 15) is 17.6 Å². The minimum atomic E-state index is -4.22. The molecule has 0 aliphatic rings. The third-order valence-corrected chi connectivity index (χ3v) is 6.94. The molecule has 0 fully saturated rings. The molecule has 0 heterocycles. The molecule has 1 unspecified atom stereocenters. The summed E-state index contributed by atoms with van der Waals surface area (Å²) in [6.07, 6.45) is 1.74. The highest BCUT2D eigenvalue weighted by Gasteiger charge is 2.27. The van der Waals surface area contributed by atoms with Crippen LogP contribution in [0.5, 0.6) is 0 Å². The molecule has 0 aliphatic heterocycles. The van der Waals surface area contributed by atoms with Crippen molar-refractivity contribution in [3.8, 4) is 0 Å². The molecule has 0 spiro atoms. The smallest absolute Gasteiger partial charge is 0.244 e. The van der Waals surface area contributed by atoms with Gasteiger partial charge in [-0.05, 0) is 49.1 Å². The van der Waals surface area contributed by atoms with E-state index in [-0.39, 0.29) is 6.42 Å². The van der Waals surface area contributed by atoms with Gasteiger partial charge in [0, 0.05) is 25.8 Å². The molecule has 6 nitrogen and oxygen atoms in total. The molecule has 8 heteroatoms. The zero-order chi connectivity index (χ0) is 24.4. The van der Waals surface area contributed by atoms with Gasteiger partial charge in [0.25, 0.3) is 0 Å². The normalized spacial score (nSPS) is 12.2. The summed E-state index contributed by atoms with van der Waals surface area (Å²) in [6.45, 7) is 1.24. The van der Waals surface area contributed by atoms with Gasteiger partial charge in [-0.3, -0.25) is 4.79 Å². The number of carbonyl (C=O) groups excluding carboxylic acids is 1. The lowest BCUT2D eigenvalue weighted by molar-refractivity contribution is -0.122. The van der Waals surface area contributed by atoms with Crippen molar-refractivity contribution >= 4 is 21.6 Å². The zero-order valence-corrected chi connectivity index (χ0v) is 20.0. The van der Waals surface area contributed by atoms with Crippen molar-refractivity contribution in [1.82, 2.24) is 10.0 Å². The first-order chi connectivity index (χ1) is 16.4. The number of carbonyl (C=O) groups is 1. The Bertz CT molecular complexity index is 1160. The van der Waals surface area contributed by atoms with E-state index in [1.165, 1.54) is 18.2 Å². The van der Waals surface area contributed by atoms with Crippen LogP contribution >= 0.6 is 0 Å². The number of anilines is 1. The van der Waals surface area contributed by atoms with Gasteiger partial charge >= 0.3 is 0 Å². The first-order valence-corrected chi connectivity index (χ1v) is 12.7. The highest BCUT2D eigenvalue weighted by molar-refractivity contribution is 7.89. The molecule has 0 saturated heterocycles. The van der Waals surface area contributed by atoms with E-state index in [1.54, 1.807) is 0 Å². The van der Waals surface area contributed by atoms with Crippen molar-refractivity contribution < 1.29 is 17.6 Å². The maximum absolute atomic E-state index is 14.1. The Morgan fingerprint density at radius 3 is 2.21 bits per heavy atom. The molecule has 34 heavy (non-hydrogen) atoms. The molecule has 0 aromatic heterocycles. The van der Waals surface area contributed by atoms with Crippen LogP contribution in [0.2, 0.25) is 0 Å². The highest BCUT2D eigenvalue weighted by Crippen LogP contribution is 2.15. The Hall–Kier alpha value is -3.23. The number of hydrogen-bond acceptors (Lipinski definition) is 4. The third-order valence-electron chi connectivity index (χ3n) is 5.44. The number of nitrogens with one attached hydrogen (secondary N) is 2. The van der Waals surface area contributed by atoms with E-state index in [0.717, 1.165) is 36.7 Å². The standard InChI is InChI=1S/C26H30FN3O3S/c1-30(22-14-6-3-7-15-22)19-11-10-18-28-26(31)24(20-21-12-4-2-5-13-21)29-34(32,33)25-17-9-8-16-23(25)27/h2-9,12-17,24,29H,10-11,18-20H2,1H3,(H,28,31). The average molecular weight is 484 g/mol. The van der Waals surface area contributed by atoms with Gasteiger partial charge in [0.2, 0.25) is 15.9 Å². The number of hydrogen-bond donors (Lipinski definition) is 2. The minimum Gasteiger partial charge on any atom is -0.375 e. The van der Waals surface area contributed by atoms with E-state index in [1.807, 2.05) is 67.7 Å². The number of benzene rings is 3. The van der Waals surface area contributed by atoms with Gasteiger partial charge in [-0.15, -0.1) is 0 Å². The molecule has 0 aliphatic carbocycles. The summed E-state index contributed by atoms with van der Waals surface area (Å²) >= 11 is 0. The van der Waals surface area contributed by atoms with Gasteiger partial charge < -0.3 is 10.2 Å². The molecular formula is C26H30FN3O3S. The van der Waals surface area contributed by atoms with E-state index in [4.69, 9.17) is 0 Å². The van der Waals surface area contributed by atoms with Crippen molar-refractivity contribution in [3.63, 3.8) is 0 Å². The van der Waals surface area contributed by atoms with E-state index >= 15 is 0 Å². The van der Waals surface area contributed by atoms with E-state index in [0.29, 0.717) is 6.54 Å². The molecule has 1 amide bonds. The predicted molar refractivity (Wildman–Crippen MR) is 133 cm³/mol. The summed E-state index contributed by atoms with van der Waals surface area (Å²) in [5, 5.41) is 2.83. The molecule has 0 bridgehead atoms. The molecule has 0 saturated carbocycles. The van der Waals surface area contributed by atoms with Crippen LogP contribution in [0.25, 0.3) is 0 Å².